The summed E-state index contributed by atoms with van der Waals surface area (Å²) in [7, 11) is -1.45. The van der Waals surface area contributed by atoms with E-state index in [9.17, 15) is 8.42 Å². The van der Waals surface area contributed by atoms with Crippen molar-refractivity contribution < 1.29 is 8.42 Å². The van der Waals surface area contributed by atoms with Gasteiger partial charge in [0.15, 0.2) is 9.84 Å². The Bertz CT molecular complexity index is 695. The Balaban J connectivity index is 2.28. The Morgan fingerprint density at radius 3 is 2.75 bits per heavy atom. The molecule has 0 bridgehead atoms. The first kappa shape index (κ1) is 14.6. The molecule has 20 heavy (non-hydrogen) atoms. The number of aromatic nitrogens is 3. The predicted molar refractivity (Wildman–Crippen MR) is 74.3 cm³/mol. The Labute approximate surface area is 117 Å². The van der Waals surface area contributed by atoms with Crippen molar-refractivity contribution in [2.24, 2.45) is 12.9 Å². The van der Waals surface area contributed by atoms with Crippen molar-refractivity contribution in [1.29, 1.82) is 0 Å². The average Bonchev–Trinajstić information content (AvgIpc) is 2.81. The van der Waals surface area contributed by atoms with E-state index in [-0.39, 0.29) is 10.9 Å². The minimum Gasteiger partial charge on any atom is -0.271 e. The zero-order valence-electron chi connectivity index (χ0n) is 11.3. The molecule has 0 aliphatic heterocycles. The third kappa shape index (κ3) is 3.41. The minimum atomic E-state index is -3.24. The third-order valence-corrected chi connectivity index (χ3v) is 4.06. The van der Waals surface area contributed by atoms with Crippen LogP contribution in [0.3, 0.4) is 0 Å². The lowest BCUT2D eigenvalue weighted by Crippen LogP contribution is -2.29. The molecular formula is C12H17N5O2S. The van der Waals surface area contributed by atoms with Crippen LogP contribution in [-0.2, 0) is 23.3 Å². The molecule has 2 aromatic rings. The Morgan fingerprint density at radius 1 is 1.45 bits per heavy atom. The molecule has 0 aliphatic carbocycles. The van der Waals surface area contributed by atoms with Crippen LogP contribution >= 0.6 is 0 Å². The Morgan fingerprint density at radius 2 is 2.20 bits per heavy atom. The number of hydrazine groups is 1. The summed E-state index contributed by atoms with van der Waals surface area (Å²) in [4.78, 5) is 0.273. The molecule has 7 nitrogen and oxygen atoms in total. The van der Waals surface area contributed by atoms with Gasteiger partial charge in [0.25, 0.3) is 0 Å². The molecule has 0 spiro atoms. The first-order chi connectivity index (χ1) is 9.40. The van der Waals surface area contributed by atoms with Crippen molar-refractivity contribution in [3.8, 4) is 0 Å². The predicted octanol–water partition coefficient (Wildman–Crippen LogP) is -0.0343. The van der Waals surface area contributed by atoms with Crippen molar-refractivity contribution in [2.45, 2.75) is 17.4 Å². The highest BCUT2D eigenvalue weighted by atomic mass is 32.2. The number of benzene rings is 1. The van der Waals surface area contributed by atoms with Crippen molar-refractivity contribution in [3.63, 3.8) is 0 Å². The lowest BCUT2D eigenvalue weighted by atomic mass is 10.0. The Hall–Kier alpha value is -1.77. The topological polar surface area (TPSA) is 103 Å². The number of nitrogens with two attached hydrogens (primary N) is 1. The third-order valence-electron chi connectivity index (χ3n) is 2.95. The summed E-state index contributed by atoms with van der Waals surface area (Å²) in [6, 6.07) is 6.49. The fourth-order valence-corrected chi connectivity index (χ4v) is 2.61. The highest BCUT2D eigenvalue weighted by Gasteiger charge is 2.15. The summed E-state index contributed by atoms with van der Waals surface area (Å²) in [6.07, 6.45) is 3.50. The van der Waals surface area contributed by atoms with Crippen LogP contribution in [0.5, 0.6) is 0 Å². The molecule has 0 saturated heterocycles. The number of sulfone groups is 1. The zero-order valence-corrected chi connectivity index (χ0v) is 12.1. The van der Waals surface area contributed by atoms with Crippen molar-refractivity contribution in [3.05, 3.63) is 41.7 Å². The quantitative estimate of drug-likeness (QED) is 0.593. The van der Waals surface area contributed by atoms with Crippen LogP contribution in [0.25, 0.3) is 0 Å². The molecule has 1 aromatic carbocycles. The van der Waals surface area contributed by atoms with Crippen LogP contribution in [0.2, 0.25) is 0 Å². The molecular weight excluding hydrogens is 278 g/mol. The number of hydrogen-bond donors (Lipinski definition) is 2. The fourth-order valence-electron chi connectivity index (χ4n) is 1.93. The lowest BCUT2D eigenvalue weighted by Gasteiger charge is -2.15. The molecule has 1 aromatic heterocycles. The van der Waals surface area contributed by atoms with Gasteiger partial charge in [-0.05, 0) is 17.7 Å². The molecule has 108 valence electrons. The number of hydrogen-bond acceptors (Lipinski definition) is 6. The second-order valence-corrected chi connectivity index (χ2v) is 6.67. The van der Waals surface area contributed by atoms with Crippen molar-refractivity contribution >= 4 is 9.84 Å². The normalized spacial score (nSPS) is 13.3. The number of rotatable bonds is 5. The molecule has 1 atom stereocenters. The maximum absolute atomic E-state index is 11.6. The van der Waals surface area contributed by atoms with Gasteiger partial charge in [-0.3, -0.25) is 16.0 Å². The maximum atomic E-state index is 11.6. The molecule has 0 fully saturated rings. The molecule has 8 heteroatoms. The van der Waals surface area contributed by atoms with Crippen LogP contribution in [0, 0.1) is 0 Å². The van der Waals surface area contributed by atoms with Crippen LogP contribution in [0.15, 0.2) is 35.4 Å². The van der Waals surface area contributed by atoms with Crippen molar-refractivity contribution in [2.75, 3.05) is 6.26 Å². The Kier molecular flexibility index (Phi) is 4.17. The van der Waals surface area contributed by atoms with Gasteiger partial charge in [0.1, 0.15) is 0 Å². The second-order valence-electron chi connectivity index (χ2n) is 4.65. The standard InChI is InChI=1S/C12H17N5O2S/c1-17-8-10(15-16-17)7-12(14-13)9-4-3-5-11(6-9)20(2,18)19/h3-6,8,12,14H,7,13H2,1-2H3. The number of nitrogens with one attached hydrogen (secondary N) is 1. The highest BCUT2D eigenvalue weighted by molar-refractivity contribution is 7.90. The fraction of sp³-hybridized carbons (Fsp3) is 0.333. The molecule has 0 saturated carbocycles. The SMILES string of the molecule is Cn1cc(CC(NN)c2cccc(S(C)(=O)=O)c2)nn1. The van der Waals surface area contributed by atoms with Crippen LogP contribution in [0.4, 0.5) is 0 Å². The van der Waals surface area contributed by atoms with Crippen LogP contribution in [-0.4, -0.2) is 29.7 Å². The lowest BCUT2D eigenvalue weighted by molar-refractivity contribution is 0.544. The van der Waals surface area contributed by atoms with Gasteiger partial charge in [-0.25, -0.2) is 8.42 Å². The van der Waals surface area contributed by atoms with E-state index < -0.39 is 9.84 Å². The van der Waals surface area contributed by atoms with E-state index in [4.69, 9.17) is 5.84 Å². The smallest absolute Gasteiger partial charge is 0.175 e. The van der Waals surface area contributed by atoms with Crippen molar-refractivity contribution in [1.82, 2.24) is 20.4 Å². The molecule has 0 amide bonds. The van der Waals surface area contributed by atoms with Crippen LogP contribution in [0.1, 0.15) is 17.3 Å². The molecule has 0 radical (unpaired) electrons. The molecule has 1 heterocycles. The molecule has 1 unspecified atom stereocenters. The van der Waals surface area contributed by atoms with E-state index >= 15 is 0 Å². The second kappa shape index (κ2) is 5.70. The van der Waals surface area contributed by atoms with E-state index in [1.54, 1.807) is 36.1 Å². The molecule has 0 aliphatic rings. The van der Waals surface area contributed by atoms with Crippen LogP contribution < -0.4 is 11.3 Å². The minimum absolute atomic E-state index is 0.228. The first-order valence-electron chi connectivity index (χ1n) is 6.01. The average molecular weight is 295 g/mol. The maximum Gasteiger partial charge on any atom is 0.175 e. The summed E-state index contributed by atoms with van der Waals surface area (Å²) >= 11 is 0. The van der Waals surface area contributed by atoms with Gasteiger partial charge >= 0.3 is 0 Å². The largest absolute Gasteiger partial charge is 0.271 e. The molecule has 2 rings (SSSR count). The van der Waals surface area contributed by atoms with Gasteiger partial charge in [-0.1, -0.05) is 17.3 Å². The summed E-state index contributed by atoms with van der Waals surface area (Å²) in [5.41, 5.74) is 4.25. The highest BCUT2D eigenvalue weighted by Crippen LogP contribution is 2.20. The monoisotopic (exact) mass is 295 g/mol. The summed E-state index contributed by atoms with van der Waals surface area (Å²) in [5.74, 6) is 5.56. The van der Waals surface area contributed by atoms with Gasteiger partial charge < -0.3 is 0 Å². The van der Waals surface area contributed by atoms with E-state index in [0.717, 1.165) is 11.3 Å². The van der Waals surface area contributed by atoms with Gasteiger partial charge in [0, 0.05) is 25.9 Å². The van der Waals surface area contributed by atoms with Gasteiger partial charge in [0.2, 0.25) is 0 Å². The summed E-state index contributed by atoms with van der Waals surface area (Å²) < 4.78 is 24.8. The van der Waals surface area contributed by atoms with E-state index in [1.165, 1.54) is 6.26 Å². The summed E-state index contributed by atoms with van der Waals surface area (Å²) in [5, 5.41) is 7.86. The first-order valence-corrected chi connectivity index (χ1v) is 7.90. The number of nitrogens with zero attached hydrogens (tertiary/aromatic N) is 3. The van der Waals surface area contributed by atoms with E-state index in [2.05, 4.69) is 15.7 Å². The summed E-state index contributed by atoms with van der Waals surface area (Å²) in [6.45, 7) is 0. The molecule has 3 N–H and O–H groups in total. The van der Waals surface area contributed by atoms with Gasteiger partial charge in [-0.2, -0.15) is 0 Å². The zero-order chi connectivity index (χ0) is 14.8. The van der Waals surface area contributed by atoms with E-state index in [1.807, 2.05) is 6.07 Å². The van der Waals surface area contributed by atoms with E-state index in [0.29, 0.717) is 6.42 Å². The van der Waals surface area contributed by atoms with Gasteiger partial charge in [0.05, 0.1) is 16.6 Å². The van der Waals surface area contributed by atoms with Gasteiger partial charge in [-0.15, -0.1) is 5.10 Å². The number of aryl methyl sites for hydroxylation is 1.